The van der Waals surface area contributed by atoms with Crippen molar-refractivity contribution in [2.75, 3.05) is 0 Å². The molecule has 7 heavy (non-hydrogen) atoms. The van der Waals surface area contributed by atoms with Crippen molar-refractivity contribution < 1.29 is 55.5 Å². The van der Waals surface area contributed by atoms with Crippen molar-refractivity contribution in [3.05, 3.63) is 0 Å². The third-order valence-corrected chi connectivity index (χ3v) is 0. The molecule has 3 N–H and O–H groups in total. The molecular weight excluding hydrogens is 219 g/mol. The molecule has 0 aliphatic heterocycles. The molecule has 0 aromatic carbocycles. The number of rotatable bonds is 0. The van der Waals surface area contributed by atoms with E-state index in [0.717, 1.165) is 0 Å². The maximum Gasteiger partial charge on any atom is 0.466 e. The zero-order valence-corrected chi connectivity index (χ0v) is 8.14. The Labute approximate surface area is 63.5 Å². The van der Waals surface area contributed by atoms with Crippen molar-refractivity contribution in [1.29, 1.82) is 0 Å². The molecule has 0 aliphatic rings. The van der Waals surface area contributed by atoms with Gasteiger partial charge in [0.05, 0.1) is 0 Å². The molecule has 0 spiro atoms. The first kappa shape index (κ1) is 15.7. The average molecular weight is 222 g/mol. The average Bonchev–Trinajstić information content (AvgIpc) is 0.722. The second kappa shape index (κ2) is 5.38. The minimum Gasteiger partial charge on any atom is -0.303 e. The molecule has 0 unspecified atom stereocenters. The maximum absolute atomic E-state index is 8.88. The van der Waals surface area contributed by atoms with Gasteiger partial charge in [-0.2, -0.15) is 0 Å². The minimum absolute atomic E-state index is 0. The van der Waals surface area contributed by atoms with Gasteiger partial charge in [-0.15, -0.1) is 0 Å². The summed E-state index contributed by atoms with van der Waals surface area (Å²) in [5.41, 5.74) is 0. The molecule has 0 atom stereocenters. The quantitative estimate of drug-likeness (QED) is 0.365. The Hall–Kier alpha value is 1.24. The van der Waals surface area contributed by atoms with Crippen LogP contribution < -0.4 is 0 Å². The predicted molar refractivity (Wildman–Crippen MR) is 14.3 cm³/mol. The number of hydrogen-bond donors (Lipinski definition) is 3. The molecule has 0 aliphatic carbocycles. The molecule has 43 valence electrons. The van der Waals surface area contributed by atoms with Gasteiger partial charge in [0, 0.05) is 36.3 Å². The smallest absolute Gasteiger partial charge is 0.303 e. The summed E-state index contributed by atoms with van der Waals surface area (Å²) >= 11 is 0. The molecule has 0 aromatic rings. The normalized spacial score (nSPS) is 8.43. The summed E-state index contributed by atoms with van der Waals surface area (Å²) in [6, 6.07) is 0. The minimum atomic E-state index is -4.64. The Bertz CT molecular complexity index is 57.8. The van der Waals surface area contributed by atoms with Crippen LogP contribution >= 0.6 is 7.82 Å². The van der Waals surface area contributed by atoms with Crippen LogP contribution in [0.1, 0.15) is 0 Å². The number of hydrogen-bond acceptors (Lipinski definition) is 1. The summed E-state index contributed by atoms with van der Waals surface area (Å²) in [7, 11) is -4.64. The molecule has 7 heteroatoms. The van der Waals surface area contributed by atoms with Crippen LogP contribution in [0.5, 0.6) is 0 Å². The molecule has 0 rings (SSSR count). The van der Waals surface area contributed by atoms with Crippen LogP contribution in [0.2, 0.25) is 0 Å². The van der Waals surface area contributed by atoms with Crippen molar-refractivity contribution in [3.63, 3.8) is 0 Å². The summed E-state index contributed by atoms with van der Waals surface area (Å²) in [6.45, 7) is 0. The molecule has 0 aromatic heterocycles. The Morgan fingerprint density at radius 2 is 1.14 bits per heavy atom. The van der Waals surface area contributed by atoms with Gasteiger partial charge in [-0.05, 0) is 0 Å². The van der Waals surface area contributed by atoms with Gasteiger partial charge in [0.2, 0.25) is 0 Å². The topological polar surface area (TPSA) is 77.8 Å². The van der Waals surface area contributed by atoms with Gasteiger partial charge < -0.3 is 14.7 Å². The predicted octanol–water partition coefficient (Wildman–Crippen LogP) is -0.934. The van der Waals surface area contributed by atoms with E-state index >= 15 is 0 Å². The van der Waals surface area contributed by atoms with Crippen molar-refractivity contribution >= 4 is 7.82 Å². The van der Waals surface area contributed by atoms with E-state index in [1.165, 1.54) is 0 Å². The van der Waals surface area contributed by atoms with E-state index in [1.807, 2.05) is 0 Å². The standard InChI is InChI=1S/Co.H3O4P.Zn/c;1-5(2,3)4;/h;(H3,1,2,3,4);. The van der Waals surface area contributed by atoms with E-state index in [4.69, 9.17) is 19.2 Å². The Morgan fingerprint density at radius 1 is 1.14 bits per heavy atom. The zero-order valence-electron chi connectivity index (χ0n) is 3.24. The van der Waals surface area contributed by atoms with E-state index in [0.29, 0.717) is 0 Å². The molecule has 0 amide bonds. The first-order valence-electron chi connectivity index (χ1n) is 0.783. The molecule has 0 heterocycles. The summed E-state index contributed by atoms with van der Waals surface area (Å²) in [5.74, 6) is 0. The fourth-order valence-corrected chi connectivity index (χ4v) is 0. The second-order valence-corrected chi connectivity index (χ2v) is 1.54. The van der Waals surface area contributed by atoms with Crippen molar-refractivity contribution in [2.45, 2.75) is 0 Å². The fourth-order valence-electron chi connectivity index (χ4n) is 0. The Morgan fingerprint density at radius 3 is 1.14 bits per heavy atom. The van der Waals surface area contributed by atoms with E-state index in [1.54, 1.807) is 0 Å². The third-order valence-electron chi connectivity index (χ3n) is 0. The van der Waals surface area contributed by atoms with Gasteiger partial charge in [0.1, 0.15) is 0 Å². The van der Waals surface area contributed by atoms with Gasteiger partial charge in [-0.25, -0.2) is 4.57 Å². The molecule has 0 fully saturated rings. The zero-order chi connectivity index (χ0) is 4.50. The number of phosphoric acid groups is 1. The molecule has 0 bridgehead atoms. The molecular formula is H3CoO4PZn. The maximum atomic E-state index is 8.88. The van der Waals surface area contributed by atoms with Gasteiger partial charge in [0.25, 0.3) is 0 Å². The van der Waals surface area contributed by atoms with Crippen LogP contribution in [0, 0.1) is 0 Å². The van der Waals surface area contributed by atoms with Crippen molar-refractivity contribution in [3.8, 4) is 0 Å². The van der Waals surface area contributed by atoms with Gasteiger partial charge in [-0.1, -0.05) is 0 Å². The Kier molecular flexibility index (Phi) is 12.1. The summed E-state index contributed by atoms with van der Waals surface area (Å²) in [4.78, 5) is 21.6. The monoisotopic (exact) mass is 221 g/mol. The Balaban J connectivity index is -0.0000000800. The van der Waals surface area contributed by atoms with Gasteiger partial charge >= 0.3 is 7.82 Å². The van der Waals surface area contributed by atoms with E-state index in [-0.39, 0.29) is 36.3 Å². The van der Waals surface area contributed by atoms with Crippen LogP contribution in [0.3, 0.4) is 0 Å². The van der Waals surface area contributed by atoms with E-state index in [9.17, 15) is 0 Å². The first-order chi connectivity index (χ1) is 2.00. The molecule has 0 saturated carbocycles. The molecule has 4 nitrogen and oxygen atoms in total. The van der Waals surface area contributed by atoms with E-state index < -0.39 is 7.82 Å². The van der Waals surface area contributed by atoms with Crippen LogP contribution in [0.15, 0.2) is 0 Å². The van der Waals surface area contributed by atoms with Crippen LogP contribution in [0.25, 0.3) is 0 Å². The van der Waals surface area contributed by atoms with Crippen molar-refractivity contribution in [1.82, 2.24) is 0 Å². The largest absolute Gasteiger partial charge is 0.466 e. The molecule has 1 radical (unpaired) electrons. The van der Waals surface area contributed by atoms with Gasteiger partial charge in [0.15, 0.2) is 0 Å². The summed E-state index contributed by atoms with van der Waals surface area (Å²) in [5, 5.41) is 0. The molecule has 0 saturated heterocycles. The summed E-state index contributed by atoms with van der Waals surface area (Å²) in [6.07, 6.45) is 0. The van der Waals surface area contributed by atoms with Crippen LogP contribution in [0.4, 0.5) is 0 Å². The van der Waals surface area contributed by atoms with E-state index in [2.05, 4.69) is 0 Å². The second-order valence-electron chi connectivity index (χ2n) is 0.513. The van der Waals surface area contributed by atoms with Crippen LogP contribution in [-0.2, 0) is 40.8 Å². The fraction of sp³-hybridized carbons (Fsp3) is 0. The van der Waals surface area contributed by atoms with Gasteiger partial charge in [-0.3, -0.25) is 0 Å². The van der Waals surface area contributed by atoms with Crippen LogP contribution in [-0.4, -0.2) is 14.7 Å². The summed E-state index contributed by atoms with van der Waals surface area (Å²) < 4.78 is 8.88. The SMILES string of the molecule is O=P(O)(O)O.[Co].[Zn]. The third kappa shape index (κ3) is 129. The first-order valence-corrected chi connectivity index (χ1v) is 2.35. The van der Waals surface area contributed by atoms with Crippen molar-refractivity contribution in [2.24, 2.45) is 0 Å².